The molecule has 0 aliphatic carbocycles. The molecule has 0 spiro atoms. The van der Waals surface area contributed by atoms with E-state index in [1.807, 2.05) is 12.1 Å². The number of benzene rings is 3. The van der Waals surface area contributed by atoms with Gasteiger partial charge in [0, 0.05) is 11.5 Å². The van der Waals surface area contributed by atoms with E-state index >= 15 is 0 Å². The maximum absolute atomic E-state index is 13.4. The van der Waals surface area contributed by atoms with Gasteiger partial charge in [-0.2, -0.15) is 0 Å². The number of aromatic nitrogens is 1. The standard InChI is InChI=1S/C25H23FN/c1-16-14-17(2)18(3)24(15-16)25-23-7-5-6-21(22(23)12-13-27(25)4)19-8-10-20(26)11-9-19/h5-15H,1-4H3/q+1. The molecule has 0 fully saturated rings. The molecule has 0 unspecified atom stereocenters. The van der Waals surface area contributed by atoms with E-state index in [4.69, 9.17) is 0 Å². The summed E-state index contributed by atoms with van der Waals surface area (Å²) in [6.07, 6.45) is 2.11. The summed E-state index contributed by atoms with van der Waals surface area (Å²) in [6.45, 7) is 6.50. The zero-order valence-electron chi connectivity index (χ0n) is 16.2. The largest absolute Gasteiger partial charge is 0.220 e. The van der Waals surface area contributed by atoms with E-state index in [1.165, 1.54) is 50.9 Å². The third kappa shape index (κ3) is 3.02. The third-order valence-electron chi connectivity index (χ3n) is 5.40. The van der Waals surface area contributed by atoms with Crippen molar-refractivity contribution in [3.05, 3.63) is 89.4 Å². The highest BCUT2D eigenvalue weighted by Gasteiger charge is 2.19. The van der Waals surface area contributed by atoms with Crippen molar-refractivity contribution in [2.24, 2.45) is 7.05 Å². The van der Waals surface area contributed by atoms with E-state index in [-0.39, 0.29) is 5.82 Å². The average Bonchev–Trinajstić information content (AvgIpc) is 2.65. The van der Waals surface area contributed by atoms with Crippen LogP contribution in [0, 0.1) is 26.6 Å². The first kappa shape index (κ1) is 17.4. The van der Waals surface area contributed by atoms with Crippen molar-refractivity contribution in [3.8, 4) is 22.4 Å². The minimum Gasteiger partial charge on any atom is -0.207 e. The molecule has 0 amide bonds. The highest BCUT2D eigenvalue weighted by atomic mass is 19.1. The lowest BCUT2D eigenvalue weighted by Gasteiger charge is -2.13. The van der Waals surface area contributed by atoms with E-state index in [1.54, 1.807) is 0 Å². The van der Waals surface area contributed by atoms with Gasteiger partial charge in [-0.25, -0.2) is 8.96 Å². The van der Waals surface area contributed by atoms with E-state index in [9.17, 15) is 4.39 Å². The second-order valence-corrected chi connectivity index (χ2v) is 7.30. The van der Waals surface area contributed by atoms with Gasteiger partial charge in [-0.3, -0.25) is 0 Å². The first-order valence-corrected chi connectivity index (χ1v) is 9.21. The van der Waals surface area contributed by atoms with Crippen molar-refractivity contribution in [1.29, 1.82) is 0 Å². The van der Waals surface area contributed by atoms with Crippen LogP contribution in [-0.2, 0) is 7.05 Å². The first-order valence-electron chi connectivity index (χ1n) is 9.21. The van der Waals surface area contributed by atoms with Gasteiger partial charge in [0.2, 0.25) is 5.69 Å². The molecule has 0 atom stereocenters. The number of aryl methyl sites for hydroxylation is 3. The van der Waals surface area contributed by atoms with Crippen LogP contribution in [0.5, 0.6) is 0 Å². The molecule has 0 aliphatic rings. The summed E-state index contributed by atoms with van der Waals surface area (Å²) in [4.78, 5) is 0. The van der Waals surface area contributed by atoms with Gasteiger partial charge in [-0.05, 0) is 67.3 Å². The molecular formula is C25H23FN+. The highest BCUT2D eigenvalue weighted by Crippen LogP contribution is 2.34. The van der Waals surface area contributed by atoms with E-state index in [2.05, 4.69) is 75.0 Å². The Morgan fingerprint density at radius 2 is 1.52 bits per heavy atom. The van der Waals surface area contributed by atoms with Crippen molar-refractivity contribution in [2.45, 2.75) is 20.8 Å². The summed E-state index contributed by atoms with van der Waals surface area (Å²) in [5.41, 5.74) is 8.49. The fourth-order valence-electron chi connectivity index (χ4n) is 3.90. The summed E-state index contributed by atoms with van der Waals surface area (Å²) in [6, 6.07) is 19.7. The molecule has 0 saturated carbocycles. The second-order valence-electron chi connectivity index (χ2n) is 7.30. The van der Waals surface area contributed by atoms with Crippen molar-refractivity contribution in [1.82, 2.24) is 0 Å². The average molecular weight is 356 g/mol. The lowest BCUT2D eigenvalue weighted by Crippen LogP contribution is -2.31. The van der Waals surface area contributed by atoms with Gasteiger partial charge < -0.3 is 0 Å². The van der Waals surface area contributed by atoms with E-state index in [0.717, 1.165) is 11.1 Å². The summed E-state index contributed by atoms with van der Waals surface area (Å²) in [5.74, 6) is -0.211. The number of pyridine rings is 1. The zero-order valence-corrected chi connectivity index (χ0v) is 16.2. The number of nitrogens with zero attached hydrogens (tertiary/aromatic N) is 1. The van der Waals surface area contributed by atoms with Crippen LogP contribution in [0.15, 0.2) is 66.9 Å². The van der Waals surface area contributed by atoms with Crippen LogP contribution in [0.25, 0.3) is 33.2 Å². The Morgan fingerprint density at radius 3 is 2.26 bits per heavy atom. The first-order chi connectivity index (χ1) is 13.0. The molecule has 0 aliphatic heterocycles. The lowest BCUT2D eigenvalue weighted by molar-refractivity contribution is -0.659. The lowest BCUT2D eigenvalue weighted by atomic mass is 9.92. The maximum Gasteiger partial charge on any atom is 0.220 e. The molecular weight excluding hydrogens is 333 g/mol. The molecule has 1 heterocycles. The van der Waals surface area contributed by atoms with Gasteiger partial charge in [-0.15, -0.1) is 0 Å². The monoisotopic (exact) mass is 356 g/mol. The molecule has 134 valence electrons. The third-order valence-corrected chi connectivity index (χ3v) is 5.40. The normalized spacial score (nSPS) is 11.1. The smallest absolute Gasteiger partial charge is 0.207 e. The molecule has 1 nitrogen and oxygen atoms in total. The SMILES string of the molecule is Cc1cc(C)c(C)c(-c2c3cccc(-c4ccc(F)cc4)c3cc[n+]2C)c1. The number of rotatable bonds is 2. The zero-order chi connectivity index (χ0) is 19.1. The van der Waals surface area contributed by atoms with Gasteiger partial charge in [0.15, 0.2) is 6.20 Å². The van der Waals surface area contributed by atoms with Crippen LogP contribution in [0.1, 0.15) is 16.7 Å². The van der Waals surface area contributed by atoms with Gasteiger partial charge in [0.05, 0.1) is 10.9 Å². The highest BCUT2D eigenvalue weighted by molar-refractivity contribution is 6.02. The van der Waals surface area contributed by atoms with Crippen LogP contribution in [0.3, 0.4) is 0 Å². The molecule has 27 heavy (non-hydrogen) atoms. The molecule has 2 heteroatoms. The Bertz CT molecular complexity index is 1160. The Kier molecular flexibility index (Phi) is 4.27. The van der Waals surface area contributed by atoms with Crippen LogP contribution in [-0.4, -0.2) is 0 Å². The fourth-order valence-corrected chi connectivity index (χ4v) is 3.90. The van der Waals surface area contributed by atoms with Crippen molar-refractivity contribution in [2.75, 3.05) is 0 Å². The molecule has 4 aromatic rings. The Labute approximate surface area is 159 Å². The summed E-state index contributed by atoms with van der Waals surface area (Å²) < 4.78 is 15.6. The number of hydrogen-bond acceptors (Lipinski definition) is 0. The van der Waals surface area contributed by atoms with Gasteiger partial charge in [0.1, 0.15) is 12.9 Å². The molecule has 1 aromatic heterocycles. The van der Waals surface area contributed by atoms with Gasteiger partial charge in [-0.1, -0.05) is 35.9 Å². The summed E-state index contributed by atoms with van der Waals surface area (Å²) in [7, 11) is 2.09. The topological polar surface area (TPSA) is 3.88 Å². The fraction of sp³-hybridized carbons (Fsp3) is 0.160. The predicted molar refractivity (Wildman–Crippen MR) is 110 cm³/mol. The van der Waals surface area contributed by atoms with Crippen LogP contribution in [0.4, 0.5) is 4.39 Å². The molecule has 0 N–H and O–H groups in total. The number of fused-ring (bicyclic) bond motifs is 1. The van der Waals surface area contributed by atoms with Crippen LogP contribution in [0.2, 0.25) is 0 Å². The minimum atomic E-state index is -0.211. The van der Waals surface area contributed by atoms with Gasteiger partial charge >= 0.3 is 0 Å². The predicted octanol–water partition coefficient (Wildman–Crippen LogP) is 6.06. The molecule has 0 radical (unpaired) electrons. The molecule has 4 rings (SSSR count). The number of hydrogen-bond donors (Lipinski definition) is 0. The van der Waals surface area contributed by atoms with Crippen molar-refractivity contribution in [3.63, 3.8) is 0 Å². The van der Waals surface area contributed by atoms with Crippen LogP contribution < -0.4 is 4.57 Å². The second kappa shape index (κ2) is 6.62. The Morgan fingerprint density at radius 1 is 0.778 bits per heavy atom. The van der Waals surface area contributed by atoms with Crippen molar-refractivity contribution >= 4 is 10.8 Å². The quantitative estimate of drug-likeness (QED) is 0.384. The maximum atomic E-state index is 13.4. The van der Waals surface area contributed by atoms with Crippen molar-refractivity contribution < 1.29 is 8.96 Å². The Hall–Kier alpha value is -3.00. The molecule has 3 aromatic carbocycles. The van der Waals surface area contributed by atoms with Gasteiger partial charge in [0.25, 0.3) is 0 Å². The number of halogens is 1. The molecule has 0 bridgehead atoms. The minimum absolute atomic E-state index is 0.211. The summed E-state index contributed by atoms with van der Waals surface area (Å²) >= 11 is 0. The van der Waals surface area contributed by atoms with E-state index < -0.39 is 0 Å². The Balaban J connectivity index is 2.05. The molecule has 0 saturated heterocycles. The summed E-state index contributed by atoms with van der Waals surface area (Å²) in [5, 5.41) is 2.38. The van der Waals surface area contributed by atoms with Crippen LogP contribution >= 0.6 is 0 Å². The van der Waals surface area contributed by atoms with E-state index in [0.29, 0.717) is 0 Å².